The van der Waals surface area contributed by atoms with Crippen LogP contribution in [0.2, 0.25) is 0 Å². The first kappa shape index (κ1) is 19.7. The molecule has 6 nitrogen and oxygen atoms in total. The van der Waals surface area contributed by atoms with E-state index in [1.807, 2.05) is 44.2 Å². The number of hydrogen-bond donors (Lipinski definition) is 1. The monoisotopic (exact) mass is 357 g/mol. The van der Waals surface area contributed by atoms with E-state index in [9.17, 15) is 4.79 Å². The summed E-state index contributed by atoms with van der Waals surface area (Å²) in [6.45, 7) is 4.75. The lowest BCUT2D eigenvalue weighted by Crippen LogP contribution is -2.21. The first-order chi connectivity index (χ1) is 12.6. The Balaban J connectivity index is 2.04. The summed E-state index contributed by atoms with van der Waals surface area (Å²) in [5.74, 6) is 1.69. The second-order valence-electron chi connectivity index (χ2n) is 6.41. The average Bonchev–Trinajstić information content (AvgIpc) is 2.61. The SMILES string of the molecule is CC(C)Oc1ccnc(N(CCCCCCC(=O)O)c2ccccn2)c1. The molecule has 2 heterocycles. The minimum atomic E-state index is -0.730. The van der Waals surface area contributed by atoms with Crippen molar-refractivity contribution < 1.29 is 14.6 Å². The molecular formula is C20H27N3O3. The number of carboxylic acid groups (broad SMARTS) is 1. The molecule has 0 radical (unpaired) electrons. The maximum Gasteiger partial charge on any atom is 0.303 e. The van der Waals surface area contributed by atoms with Gasteiger partial charge in [0.25, 0.3) is 0 Å². The molecule has 0 aliphatic carbocycles. The molecule has 0 atom stereocenters. The molecule has 2 aromatic heterocycles. The summed E-state index contributed by atoms with van der Waals surface area (Å²) in [7, 11) is 0. The minimum absolute atomic E-state index is 0.0998. The molecule has 0 saturated heterocycles. The Hall–Kier alpha value is -2.63. The van der Waals surface area contributed by atoms with Gasteiger partial charge in [0.05, 0.1) is 6.10 Å². The normalized spacial score (nSPS) is 10.7. The van der Waals surface area contributed by atoms with Gasteiger partial charge in [-0.3, -0.25) is 4.79 Å². The van der Waals surface area contributed by atoms with E-state index in [0.29, 0.717) is 0 Å². The predicted octanol–water partition coefficient (Wildman–Crippen LogP) is 4.44. The van der Waals surface area contributed by atoms with Crippen molar-refractivity contribution in [2.24, 2.45) is 0 Å². The molecule has 0 aliphatic rings. The van der Waals surface area contributed by atoms with Crippen molar-refractivity contribution in [1.82, 2.24) is 9.97 Å². The number of anilines is 2. The highest BCUT2D eigenvalue weighted by Gasteiger charge is 2.13. The van der Waals surface area contributed by atoms with Gasteiger partial charge in [-0.2, -0.15) is 0 Å². The fraction of sp³-hybridized carbons (Fsp3) is 0.450. The maximum atomic E-state index is 10.6. The standard InChI is InChI=1S/C20H27N3O3/c1-16(2)26-17-11-13-22-19(15-17)23(18-9-6-7-12-21-18)14-8-4-3-5-10-20(24)25/h6-7,9,11-13,15-16H,3-5,8,10,14H2,1-2H3,(H,24,25). The first-order valence-electron chi connectivity index (χ1n) is 9.09. The summed E-state index contributed by atoms with van der Waals surface area (Å²) < 4.78 is 5.78. The van der Waals surface area contributed by atoms with Crippen LogP contribution in [0.15, 0.2) is 42.7 Å². The van der Waals surface area contributed by atoms with E-state index in [4.69, 9.17) is 9.84 Å². The lowest BCUT2D eigenvalue weighted by molar-refractivity contribution is -0.137. The number of carbonyl (C=O) groups is 1. The van der Waals surface area contributed by atoms with Crippen LogP contribution in [0, 0.1) is 0 Å². The Labute approximate surface area is 154 Å². The number of nitrogens with zero attached hydrogens (tertiary/aromatic N) is 3. The van der Waals surface area contributed by atoms with Gasteiger partial charge in [-0.05, 0) is 44.9 Å². The third kappa shape index (κ3) is 6.70. The third-order valence-electron chi connectivity index (χ3n) is 3.81. The number of carboxylic acids is 1. The van der Waals surface area contributed by atoms with Crippen LogP contribution in [0.5, 0.6) is 5.75 Å². The summed E-state index contributed by atoms with van der Waals surface area (Å²) in [4.78, 5) is 21.6. The molecule has 2 aromatic rings. The summed E-state index contributed by atoms with van der Waals surface area (Å²) in [6.07, 6.45) is 7.38. The van der Waals surface area contributed by atoms with Crippen LogP contribution in [-0.2, 0) is 4.79 Å². The van der Waals surface area contributed by atoms with Gasteiger partial charge in [-0.25, -0.2) is 9.97 Å². The molecule has 26 heavy (non-hydrogen) atoms. The Kier molecular flexibility index (Phi) is 7.86. The number of pyridine rings is 2. The van der Waals surface area contributed by atoms with E-state index in [1.165, 1.54) is 0 Å². The lowest BCUT2D eigenvalue weighted by Gasteiger charge is -2.23. The Bertz CT molecular complexity index is 677. The van der Waals surface area contributed by atoms with E-state index in [1.54, 1.807) is 12.4 Å². The molecule has 0 aromatic carbocycles. The van der Waals surface area contributed by atoms with Crippen molar-refractivity contribution in [3.8, 4) is 5.75 Å². The molecule has 0 bridgehead atoms. The minimum Gasteiger partial charge on any atom is -0.491 e. The Morgan fingerprint density at radius 2 is 1.85 bits per heavy atom. The number of unbranched alkanes of at least 4 members (excludes halogenated alkanes) is 3. The van der Waals surface area contributed by atoms with Crippen molar-refractivity contribution in [1.29, 1.82) is 0 Å². The maximum absolute atomic E-state index is 10.6. The van der Waals surface area contributed by atoms with Crippen LogP contribution in [0.1, 0.15) is 46.0 Å². The molecular weight excluding hydrogens is 330 g/mol. The fourth-order valence-electron chi connectivity index (χ4n) is 2.65. The van der Waals surface area contributed by atoms with Gasteiger partial charge < -0.3 is 14.7 Å². The van der Waals surface area contributed by atoms with Crippen molar-refractivity contribution in [2.45, 2.75) is 52.1 Å². The molecule has 6 heteroatoms. The lowest BCUT2D eigenvalue weighted by atomic mass is 10.1. The fourth-order valence-corrected chi connectivity index (χ4v) is 2.65. The smallest absolute Gasteiger partial charge is 0.303 e. The number of aromatic nitrogens is 2. The second kappa shape index (κ2) is 10.4. The largest absolute Gasteiger partial charge is 0.491 e. The number of ether oxygens (including phenoxy) is 1. The second-order valence-corrected chi connectivity index (χ2v) is 6.41. The summed E-state index contributed by atoms with van der Waals surface area (Å²) in [5, 5.41) is 8.71. The van der Waals surface area contributed by atoms with Gasteiger partial charge in [0.2, 0.25) is 0 Å². The quantitative estimate of drug-likeness (QED) is 0.599. The molecule has 0 fully saturated rings. The summed E-state index contributed by atoms with van der Waals surface area (Å²) >= 11 is 0. The van der Waals surface area contributed by atoms with E-state index < -0.39 is 5.97 Å². The third-order valence-corrected chi connectivity index (χ3v) is 3.81. The Morgan fingerprint density at radius 3 is 2.54 bits per heavy atom. The van der Waals surface area contributed by atoms with Gasteiger partial charge >= 0.3 is 5.97 Å². The van der Waals surface area contributed by atoms with Crippen molar-refractivity contribution in [3.63, 3.8) is 0 Å². The van der Waals surface area contributed by atoms with Crippen LogP contribution in [0.25, 0.3) is 0 Å². The topological polar surface area (TPSA) is 75.5 Å². The highest BCUT2D eigenvalue weighted by molar-refractivity contribution is 5.66. The van der Waals surface area contributed by atoms with Crippen LogP contribution in [-0.4, -0.2) is 33.7 Å². The highest BCUT2D eigenvalue weighted by atomic mass is 16.5. The molecule has 0 spiro atoms. The number of rotatable bonds is 11. The van der Waals surface area contributed by atoms with Gasteiger partial charge in [-0.15, -0.1) is 0 Å². The zero-order valence-electron chi connectivity index (χ0n) is 15.5. The summed E-state index contributed by atoms with van der Waals surface area (Å²) in [6, 6.07) is 9.59. The van der Waals surface area contributed by atoms with Gasteiger partial charge in [-0.1, -0.05) is 18.9 Å². The van der Waals surface area contributed by atoms with Crippen molar-refractivity contribution in [2.75, 3.05) is 11.4 Å². The van der Waals surface area contributed by atoms with Gasteiger partial charge in [0, 0.05) is 31.4 Å². The first-order valence-corrected chi connectivity index (χ1v) is 9.09. The van der Waals surface area contributed by atoms with E-state index in [2.05, 4.69) is 14.9 Å². The van der Waals surface area contributed by atoms with Crippen LogP contribution in [0.4, 0.5) is 11.6 Å². The van der Waals surface area contributed by atoms with Gasteiger partial charge in [0.1, 0.15) is 17.4 Å². The van der Waals surface area contributed by atoms with E-state index in [-0.39, 0.29) is 12.5 Å². The molecule has 2 rings (SSSR count). The summed E-state index contributed by atoms with van der Waals surface area (Å²) in [5.41, 5.74) is 0. The van der Waals surface area contributed by atoms with E-state index >= 15 is 0 Å². The molecule has 0 saturated carbocycles. The molecule has 1 N–H and O–H groups in total. The highest BCUT2D eigenvalue weighted by Crippen LogP contribution is 2.25. The van der Waals surface area contributed by atoms with Crippen LogP contribution in [0.3, 0.4) is 0 Å². The molecule has 0 amide bonds. The van der Waals surface area contributed by atoms with Crippen molar-refractivity contribution >= 4 is 17.6 Å². The van der Waals surface area contributed by atoms with Crippen LogP contribution < -0.4 is 9.64 Å². The van der Waals surface area contributed by atoms with Crippen LogP contribution >= 0.6 is 0 Å². The molecule has 0 aliphatic heterocycles. The van der Waals surface area contributed by atoms with Crippen molar-refractivity contribution in [3.05, 3.63) is 42.7 Å². The predicted molar refractivity (Wildman–Crippen MR) is 102 cm³/mol. The zero-order chi connectivity index (χ0) is 18.8. The number of hydrogen-bond acceptors (Lipinski definition) is 5. The molecule has 0 unspecified atom stereocenters. The average molecular weight is 357 g/mol. The Morgan fingerprint density at radius 1 is 1.08 bits per heavy atom. The van der Waals surface area contributed by atoms with E-state index in [0.717, 1.165) is 49.6 Å². The zero-order valence-corrected chi connectivity index (χ0v) is 15.5. The molecule has 140 valence electrons. The van der Waals surface area contributed by atoms with Gasteiger partial charge in [0.15, 0.2) is 0 Å². The number of aliphatic carboxylic acids is 1.